The molecular formula is C12H16F2N2O. The van der Waals surface area contributed by atoms with Crippen molar-refractivity contribution in [3.63, 3.8) is 0 Å². The van der Waals surface area contributed by atoms with Crippen LogP contribution in [0.15, 0.2) is 18.3 Å². The van der Waals surface area contributed by atoms with Gasteiger partial charge in [-0.2, -0.15) is 0 Å². The van der Waals surface area contributed by atoms with Crippen LogP contribution in [0.5, 0.6) is 0 Å². The van der Waals surface area contributed by atoms with Gasteiger partial charge in [-0.05, 0) is 25.0 Å². The molecule has 1 fully saturated rings. The number of halogens is 2. The summed E-state index contributed by atoms with van der Waals surface area (Å²) in [5.41, 5.74) is -0.130. The third kappa shape index (κ3) is 2.72. The Morgan fingerprint density at radius 2 is 2.00 bits per heavy atom. The lowest BCUT2D eigenvalue weighted by Gasteiger charge is -2.19. The highest BCUT2D eigenvalue weighted by Gasteiger charge is 2.31. The number of hydrogen-bond donors (Lipinski definition) is 1. The molecule has 0 aromatic carbocycles. The van der Waals surface area contributed by atoms with Crippen molar-refractivity contribution < 1.29 is 13.9 Å². The molecule has 3 nitrogen and oxygen atoms in total. The van der Waals surface area contributed by atoms with Gasteiger partial charge in [0.25, 0.3) is 5.92 Å². The molecule has 5 heteroatoms. The lowest BCUT2D eigenvalue weighted by Crippen LogP contribution is -2.20. The number of nitrogens with zero attached hydrogens (tertiary/aromatic N) is 2. The molecule has 0 unspecified atom stereocenters. The third-order valence-corrected chi connectivity index (χ3v) is 3.03. The third-order valence-electron chi connectivity index (χ3n) is 3.03. The highest BCUT2D eigenvalue weighted by Crippen LogP contribution is 2.31. The maximum atomic E-state index is 13.5. The van der Waals surface area contributed by atoms with E-state index in [2.05, 4.69) is 9.88 Å². The minimum Gasteiger partial charge on any atom is -0.396 e. The van der Waals surface area contributed by atoms with Crippen LogP contribution >= 0.6 is 0 Å². The monoisotopic (exact) mass is 242 g/mol. The topological polar surface area (TPSA) is 36.4 Å². The van der Waals surface area contributed by atoms with Crippen LogP contribution in [-0.2, 0) is 5.92 Å². The Bertz CT molecular complexity index is 361. The van der Waals surface area contributed by atoms with Crippen molar-refractivity contribution in [1.82, 2.24) is 4.98 Å². The molecule has 17 heavy (non-hydrogen) atoms. The summed E-state index contributed by atoms with van der Waals surface area (Å²) in [6, 6.07) is 3.03. The number of anilines is 1. The van der Waals surface area contributed by atoms with Gasteiger partial charge >= 0.3 is 0 Å². The Morgan fingerprint density at radius 3 is 2.53 bits per heavy atom. The zero-order chi connectivity index (χ0) is 12.3. The van der Waals surface area contributed by atoms with Crippen molar-refractivity contribution in [2.45, 2.75) is 25.2 Å². The lowest BCUT2D eigenvalue weighted by atomic mass is 10.1. The zero-order valence-electron chi connectivity index (χ0n) is 9.57. The molecule has 1 aliphatic rings. The van der Waals surface area contributed by atoms with Crippen molar-refractivity contribution in [3.8, 4) is 0 Å². The van der Waals surface area contributed by atoms with Gasteiger partial charge in [-0.1, -0.05) is 0 Å². The first-order valence-electron chi connectivity index (χ1n) is 5.83. The van der Waals surface area contributed by atoms with Crippen LogP contribution in [0.3, 0.4) is 0 Å². The second-order valence-corrected chi connectivity index (χ2v) is 4.28. The van der Waals surface area contributed by atoms with Crippen molar-refractivity contribution in [1.29, 1.82) is 0 Å². The molecule has 0 aliphatic carbocycles. The summed E-state index contributed by atoms with van der Waals surface area (Å²) in [6.45, 7) is 1.36. The maximum absolute atomic E-state index is 13.5. The number of pyridine rings is 1. The van der Waals surface area contributed by atoms with E-state index < -0.39 is 19.0 Å². The SMILES string of the molecule is OCCC(F)(F)c1ccc(N2CCCC2)nc1. The van der Waals surface area contributed by atoms with Crippen LogP contribution in [-0.4, -0.2) is 29.8 Å². The van der Waals surface area contributed by atoms with Crippen molar-refractivity contribution in [2.75, 3.05) is 24.6 Å². The van der Waals surface area contributed by atoms with Crippen LogP contribution in [0.1, 0.15) is 24.8 Å². The first-order chi connectivity index (χ1) is 8.13. The van der Waals surface area contributed by atoms with Gasteiger partial charge in [-0.25, -0.2) is 13.8 Å². The Balaban J connectivity index is 2.12. The molecule has 0 bridgehead atoms. The molecule has 0 spiro atoms. The number of alkyl halides is 2. The van der Waals surface area contributed by atoms with Crippen LogP contribution < -0.4 is 4.90 Å². The maximum Gasteiger partial charge on any atom is 0.276 e. The van der Waals surface area contributed by atoms with E-state index in [-0.39, 0.29) is 5.56 Å². The summed E-state index contributed by atoms with van der Waals surface area (Å²) in [6.07, 6.45) is 2.91. The standard InChI is InChI=1S/C12H16F2N2O/c13-12(14,5-8-17)10-3-4-11(15-9-10)16-6-1-2-7-16/h3-4,9,17H,1-2,5-8H2. The van der Waals surface area contributed by atoms with E-state index in [0.717, 1.165) is 31.7 Å². The van der Waals surface area contributed by atoms with Gasteiger partial charge < -0.3 is 10.0 Å². The van der Waals surface area contributed by atoms with E-state index in [1.807, 2.05) is 0 Å². The van der Waals surface area contributed by atoms with Gasteiger partial charge in [-0.15, -0.1) is 0 Å². The predicted octanol–water partition coefficient (Wildman–Crippen LogP) is 2.16. The minimum atomic E-state index is -2.99. The largest absolute Gasteiger partial charge is 0.396 e. The molecule has 1 aromatic rings. The summed E-state index contributed by atoms with van der Waals surface area (Å²) in [5, 5.41) is 8.58. The van der Waals surface area contributed by atoms with E-state index in [4.69, 9.17) is 5.11 Å². The molecule has 0 radical (unpaired) electrons. The Morgan fingerprint density at radius 1 is 1.29 bits per heavy atom. The highest BCUT2D eigenvalue weighted by atomic mass is 19.3. The highest BCUT2D eigenvalue weighted by molar-refractivity contribution is 5.40. The van der Waals surface area contributed by atoms with Gasteiger partial charge in [0, 0.05) is 37.9 Å². The van der Waals surface area contributed by atoms with Gasteiger partial charge in [0.15, 0.2) is 0 Å². The second kappa shape index (κ2) is 4.96. The molecule has 2 rings (SSSR count). The summed E-state index contributed by atoms with van der Waals surface area (Å²) < 4.78 is 26.9. The van der Waals surface area contributed by atoms with Crippen LogP contribution in [0.25, 0.3) is 0 Å². The molecule has 0 atom stereocenters. The quantitative estimate of drug-likeness (QED) is 0.879. The first-order valence-corrected chi connectivity index (χ1v) is 5.83. The number of rotatable bonds is 4. The van der Waals surface area contributed by atoms with E-state index in [9.17, 15) is 8.78 Å². The Kier molecular flexibility index (Phi) is 3.57. The summed E-state index contributed by atoms with van der Waals surface area (Å²) in [7, 11) is 0. The van der Waals surface area contributed by atoms with Crippen molar-refractivity contribution >= 4 is 5.82 Å². The first kappa shape index (κ1) is 12.2. The smallest absolute Gasteiger partial charge is 0.276 e. The molecule has 0 saturated carbocycles. The van der Waals surface area contributed by atoms with Crippen molar-refractivity contribution in [2.24, 2.45) is 0 Å². The molecule has 1 saturated heterocycles. The fraction of sp³-hybridized carbons (Fsp3) is 0.583. The van der Waals surface area contributed by atoms with Gasteiger partial charge in [0.1, 0.15) is 5.82 Å². The summed E-state index contributed by atoms with van der Waals surface area (Å²) in [4.78, 5) is 6.16. The summed E-state index contributed by atoms with van der Waals surface area (Å²) >= 11 is 0. The number of aromatic nitrogens is 1. The molecule has 2 heterocycles. The fourth-order valence-corrected chi connectivity index (χ4v) is 2.02. The molecular weight excluding hydrogens is 226 g/mol. The normalized spacial score (nSPS) is 16.5. The van der Waals surface area contributed by atoms with Crippen LogP contribution in [0, 0.1) is 0 Å². The van der Waals surface area contributed by atoms with Gasteiger partial charge in [0.05, 0.1) is 0 Å². The Hall–Kier alpha value is -1.23. The number of aliphatic hydroxyl groups excluding tert-OH is 1. The van der Waals surface area contributed by atoms with E-state index in [1.54, 1.807) is 6.07 Å². The lowest BCUT2D eigenvalue weighted by molar-refractivity contribution is -0.0272. The predicted molar refractivity (Wildman–Crippen MR) is 61.3 cm³/mol. The average molecular weight is 242 g/mol. The van der Waals surface area contributed by atoms with E-state index >= 15 is 0 Å². The van der Waals surface area contributed by atoms with Gasteiger partial charge in [0.2, 0.25) is 0 Å². The molecule has 1 aliphatic heterocycles. The van der Waals surface area contributed by atoms with Crippen LogP contribution in [0.4, 0.5) is 14.6 Å². The van der Waals surface area contributed by atoms with E-state index in [0.29, 0.717) is 0 Å². The van der Waals surface area contributed by atoms with Crippen molar-refractivity contribution in [3.05, 3.63) is 23.9 Å². The number of aliphatic hydroxyl groups is 1. The molecule has 0 amide bonds. The minimum absolute atomic E-state index is 0.130. The zero-order valence-corrected chi connectivity index (χ0v) is 9.57. The molecule has 1 N–H and O–H groups in total. The van der Waals surface area contributed by atoms with Gasteiger partial charge in [-0.3, -0.25) is 0 Å². The molecule has 1 aromatic heterocycles. The second-order valence-electron chi connectivity index (χ2n) is 4.28. The van der Waals surface area contributed by atoms with E-state index in [1.165, 1.54) is 12.3 Å². The number of hydrogen-bond acceptors (Lipinski definition) is 3. The molecule has 94 valence electrons. The summed E-state index contributed by atoms with van der Waals surface area (Å²) in [5.74, 6) is -2.24. The Labute approximate surface area is 99.1 Å². The van der Waals surface area contributed by atoms with Crippen LogP contribution in [0.2, 0.25) is 0 Å². The average Bonchev–Trinajstić information content (AvgIpc) is 2.82. The fourth-order valence-electron chi connectivity index (χ4n) is 2.02.